The smallest absolute Gasteiger partial charge is 0.242 e. The van der Waals surface area contributed by atoms with Crippen LogP contribution in [-0.2, 0) is 16.1 Å². The average Bonchev–Trinajstić information content (AvgIpc) is 2.54. The van der Waals surface area contributed by atoms with Crippen LogP contribution in [0.2, 0.25) is 0 Å². The molecular formula is C17H29Cl2N5O2. The van der Waals surface area contributed by atoms with Gasteiger partial charge in [-0.3, -0.25) is 4.79 Å². The molecule has 2 fully saturated rings. The van der Waals surface area contributed by atoms with Crippen LogP contribution in [0.5, 0.6) is 0 Å². The third kappa shape index (κ3) is 5.19. The number of ether oxygens (including phenoxy) is 1. The number of methoxy groups -OCH3 is 1. The summed E-state index contributed by atoms with van der Waals surface area (Å²) in [6, 6.07) is 2.30. The van der Waals surface area contributed by atoms with Gasteiger partial charge in [-0.05, 0) is 19.3 Å². The van der Waals surface area contributed by atoms with E-state index in [0.717, 1.165) is 50.4 Å². The molecule has 148 valence electrons. The van der Waals surface area contributed by atoms with Crippen LogP contribution in [-0.4, -0.2) is 60.1 Å². The second kappa shape index (κ2) is 10.3. The maximum absolute atomic E-state index is 12.3. The van der Waals surface area contributed by atoms with Crippen molar-refractivity contribution in [1.82, 2.24) is 14.9 Å². The van der Waals surface area contributed by atoms with Crippen molar-refractivity contribution in [2.45, 2.75) is 44.8 Å². The third-order valence-electron chi connectivity index (χ3n) is 4.78. The summed E-state index contributed by atoms with van der Waals surface area (Å²) < 4.78 is 5.20. The molecule has 1 saturated heterocycles. The van der Waals surface area contributed by atoms with Crippen molar-refractivity contribution in [2.24, 2.45) is 5.73 Å². The van der Waals surface area contributed by atoms with Crippen molar-refractivity contribution < 1.29 is 9.53 Å². The topological polar surface area (TPSA) is 84.6 Å². The molecule has 7 nitrogen and oxygen atoms in total. The van der Waals surface area contributed by atoms with Gasteiger partial charge in [0.2, 0.25) is 5.91 Å². The summed E-state index contributed by atoms with van der Waals surface area (Å²) in [5.74, 6) is 2.07. The predicted molar refractivity (Wildman–Crippen MR) is 106 cm³/mol. The van der Waals surface area contributed by atoms with Crippen LogP contribution in [0.15, 0.2) is 6.07 Å². The molecule has 2 heterocycles. The number of nitrogens with two attached hydrogens (primary N) is 1. The molecular weight excluding hydrogens is 377 g/mol. The van der Waals surface area contributed by atoms with Crippen molar-refractivity contribution in [2.75, 3.05) is 38.2 Å². The molecule has 26 heavy (non-hydrogen) atoms. The van der Waals surface area contributed by atoms with E-state index in [1.807, 2.05) is 11.0 Å². The highest BCUT2D eigenvalue weighted by Crippen LogP contribution is 2.35. The first kappa shape index (κ1) is 22.9. The van der Waals surface area contributed by atoms with Crippen molar-refractivity contribution in [3.05, 3.63) is 17.6 Å². The van der Waals surface area contributed by atoms with E-state index in [2.05, 4.69) is 21.8 Å². The monoisotopic (exact) mass is 405 g/mol. The number of hydrogen-bond donors (Lipinski definition) is 1. The Morgan fingerprint density at radius 3 is 2.58 bits per heavy atom. The van der Waals surface area contributed by atoms with E-state index >= 15 is 0 Å². The Kier molecular flexibility index (Phi) is 9.03. The Bertz CT molecular complexity index is 599. The zero-order chi connectivity index (χ0) is 17.1. The minimum Gasteiger partial charge on any atom is -0.377 e. The van der Waals surface area contributed by atoms with Gasteiger partial charge in [-0.15, -0.1) is 24.8 Å². The quantitative estimate of drug-likeness (QED) is 0.775. The second-order valence-corrected chi connectivity index (χ2v) is 6.73. The van der Waals surface area contributed by atoms with E-state index < -0.39 is 0 Å². The van der Waals surface area contributed by atoms with Crippen molar-refractivity contribution >= 4 is 36.5 Å². The minimum atomic E-state index is 0. The molecule has 0 spiro atoms. The maximum Gasteiger partial charge on any atom is 0.242 e. The van der Waals surface area contributed by atoms with Gasteiger partial charge in [0.1, 0.15) is 12.4 Å². The molecule has 0 atom stereocenters. The van der Waals surface area contributed by atoms with Crippen LogP contribution in [0.3, 0.4) is 0 Å². The molecule has 0 unspecified atom stereocenters. The molecule has 3 rings (SSSR count). The van der Waals surface area contributed by atoms with E-state index in [1.165, 1.54) is 0 Å². The summed E-state index contributed by atoms with van der Waals surface area (Å²) in [5, 5.41) is 0. The lowest BCUT2D eigenvalue weighted by atomic mass is 9.78. The fourth-order valence-electron chi connectivity index (χ4n) is 3.38. The van der Waals surface area contributed by atoms with Gasteiger partial charge in [0.25, 0.3) is 0 Å². The Labute approximate surface area is 167 Å². The number of amides is 1. The van der Waals surface area contributed by atoms with Crippen molar-refractivity contribution in [3.8, 4) is 0 Å². The highest BCUT2D eigenvalue weighted by molar-refractivity contribution is 5.85. The number of rotatable bonds is 6. The lowest BCUT2D eigenvalue weighted by Crippen LogP contribution is -2.51. The number of anilines is 1. The standard InChI is InChI=1S/C17H27N5O2.2ClH/c1-3-4-21-5-6-22(10-17(21)23)16-9-14(12-7-13(18)8-12)19-15(20-16)11-24-2;;/h9,12-13H,3-8,10-11,18H2,1-2H3;2*1H. The molecule has 2 N–H and O–H groups in total. The summed E-state index contributed by atoms with van der Waals surface area (Å²) in [7, 11) is 1.64. The van der Waals surface area contributed by atoms with Crippen LogP contribution < -0.4 is 10.6 Å². The van der Waals surface area contributed by atoms with Crippen LogP contribution in [0.1, 0.15) is 43.6 Å². The first-order chi connectivity index (χ1) is 11.6. The molecule has 1 aromatic heterocycles. The number of piperazine rings is 1. The van der Waals surface area contributed by atoms with Gasteiger partial charge in [0.15, 0.2) is 5.82 Å². The Hall–Kier alpha value is -1.15. The molecule has 0 aromatic carbocycles. The zero-order valence-corrected chi connectivity index (χ0v) is 17.0. The number of halogens is 2. The van der Waals surface area contributed by atoms with Crippen LogP contribution in [0.4, 0.5) is 5.82 Å². The van der Waals surface area contributed by atoms with Gasteiger partial charge in [-0.2, -0.15) is 0 Å². The number of aromatic nitrogens is 2. The van der Waals surface area contributed by atoms with Gasteiger partial charge in [-0.25, -0.2) is 9.97 Å². The SMILES string of the molecule is CCCN1CCN(c2cc(C3CC(N)C3)nc(COC)n2)CC1=O.Cl.Cl. The summed E-state index contributed by atoms with van der Waals surface area (Å²) in [6.07, 6.45) is 2.92. The van der Waals surface area contributed by atoms with Crippen LogP contribution in [0, 0.1) is 0 Å². The number of hydrogen-bond acceptors (Lipinski definition) is 6. The van der Waals surface area contributed by atoms with Gasteiger partial charge in [-0.1, -0.05) is 6.92 Å². The zero-order valence-electron chi connectivity index (χ0n) is 15.4. The molecule has 9 heteroatoms. The average molecular weight is 406 g/mol. The summed E-state index contributed by atoms with van der Waals surface area (Å²) in [4.78, 5) is 25.5. The summed E-state index contributed by atoms with van der Waals surface area (Å²) >= 11 is 0. The second-order valence-electron chi connectivity index (χ2n) is 6.73. The fraction of sp³-hybridized carbons (Fsp3) is 0.706. The number of carbonyl (C=O) groups excluding carboxylic acids is 1. The predicted octanol–water partition coefficient (Wildman–Crippen LogP) is 1.73. The Morgan fingerprint density at radius 1 is 1.27 bits per heavy atom. The van der Waals surface area contributed by atoms with E-state index in [-0.39, 0.29) is 36.8 Å². The molecule has 1 aliphatic heterocycles. The summed E-state index contributed by atoms with van der Waals surface area (Å²) in [6.45, 7) is 5.24. The van der Waals surface area contributed by atoms with Gasteiger partial charge in [0, 0.05) is 50.5 Å². The molecule has 0 bridgehead atoms. The molecule has 2 aliphatic rings. The van der Waals surface area contributed by atoms with Gasteiger partial charge in [0.05, 0.1) is 6.54 Å². The first-order valence-electron chi connectivity index (χ1n) is 8.75. The van der Waals surface area contributed by atoms with E-state index in [0.29, 0.717) is 24.9 Å². The highest BCUT2D eigenvalue weighted by Gasteiger charge is 2.30. The lowest BCUT2D eigenvalue weighted by molar-refractivity contribution is -0.131. The molecule has 1 amide bonds. The fourth-order valence-corrected chi connectivity index (χ4v) is 3.38. The first-order valence-corrected chi connectivity index (χ1v) is 8.75. The van der Waals surface area contributed by atoms with Gasteiger partial charge >= 0.3 is 0 Å². The maximum atomic E-state index is 12.3. The number of nitrogens with zero attached hydrogens (tertiary/aromatic N) is 4. The largest absolute Gasteiger partial charge is 0.377 e. The lowest BCUT2D eigenvalue weighted by Gasteiger charge is -2.36. The van der Waals surface area contributed by atoms with E-state index in [9.17, 15) is 4.79 Å². The third-order valence-corrected chi connectivity index (χ3v) is 4.78. The molecule has 1 aliphatic carbocycles. The highest BCUT2D eigenvalue weighted by atomic mass is 35.5. The molecule has 0 radical (unpaired) electrons. The molecule has 1 saturated carbocycles. The van der Waals surface area contributed by atoms with Gasteiger partial charge < -0.3 is 20.3 Å². The minimum absolute atomic E-state index is 0. The Balaban J connectivity index is 0.00000169. The normalized spacial score (nSPS) is 22.3. The summed E-state index contributed by atoms with van der Waals surface area (Å²) in [5.41, 5.74) is 6.94. The van der Waals surface area contributed by atoms with Crippen molar-refractivity contribution in [3.63, 3.8) is 0 Å². The van der Waals surface area contributed by atoms with E-state index in [4.69, 9.17) is 10.5 Å². The Morgan fingerprint density at radius 2 is 2.00 bits per heavy atom. The van der Waals surface area contributed by atoms with E-state index in [1.54, 1.807) is 7.11 Å². The van der Waals surface area contributed by atoms with Crippen molar-refractivity contribution in [1.29, 1.82) is 0 Å². The van der Waals surface area contributed by atoms with Crippen LogP contribution >= 0.6 is 24.8 Å². The van der Waals surface area contributed by atoms with Crippen LogP contribution in [0.25, 0.3) is 0 Å². The molecule has 1 aromatic rings. The number of carbonyl (C=O) groups is 1.